The SMILES string of the molecule is CC1(O)CN(C(C)(C)C)CC(COc2cccc3c2SCCC3)O1. The number of rotatable bonds is 3. The van der Waals surface area contributed by atoms with Crippen LogP contribution < -0.4 is 4.74 Å². The Kier molecular flexibility index (Phi) is 5.17. The summed E-state index contributed by atoms with van der Waals surface area (Å²) in [6, 6.07) is 6.30. The fourth-order valence-electron chi connectivity index (χ4n) is 3.35. The summed E-state index contributed by atoms with van der Waals surface area (Å²) in [6.07, 6.45) is 2.22. The number of thioether (sulfide) groups is 1. The van der Waals surface area contributed by atoms with Crippen molar-refractivity contribution in [2.45, 2.75) is 62.9 Å². The van der Waals surface area contributed by atoms with Gasteiger partial charge in [-0.05, 0) is 57.9 Å². The lowest BCUT2D eigenvalue weighted by Crippen LogP contribution is -2.60. The fourth-order valence-corrected chi connectivity index (χ4v) is 4.47. The molecule has 134 valence electrons. The van der Waals surface area contributed by atoms with E-state index in [1.807, 2.05) is 17.8 Å². The van der Waals surface area contributed by atoms with Crippen LogP contribution in [0.15, 0.2) is 23.1 Å². The molecule has 24 heavy (non-hydrogen) atoms. The Morgan fingerprint density at radius 2 is 2.21 bits per heavy atom. The highest BCUT2D eigenvalue weighted by molar-refractivity contribution is 7.99. The molecule has 1 fully saturated rings. The molecule has 3 rings (SSSR count). The molecule has 2 heterocycles. The van der Waals surface area contributed by atoms with Crippen molar-refractivity contribution in [3.63, 3.8) is 0 Å². The minimum Gasteiger partial charge on any atom is -0.490 e. The van der Waals surface area contributed by atoms with E-state index in [0.29, 0.717) is 13.2 Å². The number of hydrogen-bond donors (Lipinski definition) is 1. The second kappa shape index (κ2) is 6.87. The molecule has 1 saturated heterocycles. The molecule has 2 aliphatic rings. The maximum absolute atomic E-state index is 10.4. The summed E-state index contributed by atoms with van der Waals surface area (Å²) in [5, 5.41) is 10.4. The zero-order valence-electron chi connectivity index (χ0n) is 15.2. The van der Waals surface area contributed by atoms with Crippen molar-refractivity contribution >= 4 is 11.8 Å². The van der Waals surface area contributed by atoms with Crippen LogP contribution in [-0.4, -0.2) is 52.9 Å². The van der Waals surface area contributed by atoms with Gasteiger partial charge in [0.15, 0.2) is 5.79 Å². The Hall–Kier alpha value is -0.750. The van der Waals surface area contributed by atoms with E-state index in [2.05, 4.69) is 37.8 Å². The minimum absolute atomic E-state index is 0.00617. The van der Waals surface area contributed by atoms with E-state index in [9.17, 15) is 5.11 Å². The second-order valence-corrected chi connectivity index (χ2v) is 9.08. The highest BCUT2D eigenvalue weighted by atomic mass is 32.2. The zero-order chi connectivity index (χ0) is 17.4. The molecule has 0 saturated carbocycles. The monoisotopic (exact) mass is 351 g/mol. The lowest BCUT2D eigenvalue weighted by Gasteiger charge is -2.47. The van der Waals surface area contributed by atoms with Crippen molar-refractivity contribution in [3.8, 4) is 5.75 Å². The summed E-state index contributed by atoms with van der Waals surface area (Å²) in [5.41, 5.74) is 1.38. The van der Waals surface area contributed by atoms with E-state index in [0.717, 1.165) is 24.5 Å². The number of hydrogen-bond acceptors (Lipinski definition) is 5. The first-order valence-electron chi connectivity index (χ1n) is 8.77. The molecule has 0 aromatic heterocycles. The Bertz CT molecular complexity index is 582. The molecule has 2 unspecified atom stereocenters. The molecule has 1 aromatic rings. The van der Waals surface area contributed by atoms with Crippen LogP contribution in [0.5, 0.6) is 5.75 Å². The van der Waals surface area contributed by atoms with Gasteiger partial charge in [-0.3, -0.25) is 4.90 Å². The van der Waals surface area contributed by atoms with Crippen LogP contribution in [0.4, 0.5) is 0 Å². The molecule has 0 aliphatic carbocycles. The van der Waals surface area contributed by atoms with Crippen LogP contribution in [0.1, 0.15) is 39.7 Å². The van der Waals surface area contributed by atoms with Crippen molar-refractivity contribution in [1.29, 1.82) is 0 Å². The summed E-state index contributed by atoms with van der Waals surface area (Å²) in [4.78, 5) is 3.54. The van der Waals surface area contributed by atoms with Gasteiger partial charge in [0.2, 0.25) is 0 Å². The lowest BCUT2D eigenvalue weighted by atomic mass is 10.0. The van der Waals surface area contributed by atoms with E-state index in [4.69, 9.17) is 9.47 Å². The third-order valence-corrected chi connectivity index (χ3v) is 5.84. The van der Waals surface area contributed by atoms with Gasteiger partial charge in [-0.15, -0.1) is 11.8 Å². The molecule has 0 bridgehead atoms. The highest BCUT2D eigenvalue weighted by Crippen LogP contribution is 2.37. The zero-order valence-corrected chi connectivity index (χ0v) is 16.0. The maximum atomic E-state index is 10.4. The highest BCUT2D eigenvalue weighted by Gasteiger charge is 2.39. The Morgan fingerprint density at radius 3 is 2.96 bits per heavy atom. The molecular formula is C19H29NO3S. The van der Waals surface area contributed by atoms with Gasteiger partial charge < -0.3 is 14.6 Å². The Labute approximate surface area is 149 Å². The Balaban J connectivity index is 1.68. The van der Waals surface area contributed by atoms with E-state index < -0.39 is 5.79 Å². The third-order valence-electron chi connectivity index (χ3n) is 4.60. The Morgan fingerprint density at radius 1 is 1.42 bits per heavy atom. The van der Waals surface area contributed by atoms with Crippen LogP contribution in [-0.2, 0) is 11.2 Å². The topological polar surface area (TPSA) is 41.9 Å². The van der Waals surface area contributed by atoms with E-state index in [-0.39, 0.29) is 11.6 Å². The molecule has 2 atom stereocenters. The number of aliphatic hydroxyl groups is 1. The smallest absolute Gasteiger partial charge is 0.176 e. The van der Waals surface area contributed by atoms with Gasteiger partial charge in [0, 0.05) is 12.1 Å². The van der Waals surface area contributed by atoms with Crippen LogP contribution >= 0.6 is 11.8 Å². The van der Waals surface area contributed by atoms with Gasteiger partial charge >= 0.3 is 0 Å². The third kappa shape index (κ3) is 4.26. The number of ether oxygens (including phenoxy) is 2. The molecule has 0 radical (unpaired) electrons. The predicted molar refractivity (Wildman–Crippen MR) is 97.8 cm³/mol. The second-order valence-electron chi connectivity index (χ2n) is 7.97. The van der Waals surface area contributed by atoms with Gasteiger partial charge in [0.25, 0.3) is 0 Å². The normalized spacial score (nSPS) is 28.5. The fraction of sp³-hybridized carbons (Fsp3) is 0.684. The van der Waals surface area contributed by atoms with Gasteiger partial charge in [-0.1, -0.05) is 12.1 Å². The molecular weight excluding hydrogens is 322 g/mol. The van der Waals surface area contributed by atoms with Crippen molar-refractivity contribution < 1.29 is 14.6 Å². The molecule has 0 amide bonds. The lowest BCUT2D eigenvalue weighted by molar-refractivity contribution is -0.269. The number of benzene rings is 1. The van der Waals surface area contributed by atoms with Crippen LogP contribution in [0.25, 0.3) is 0 Å². The summed E-state index contributed by atoms with van der Waals surface area (Å²) in [7, 11) is 0. The van der Waals surface area contributed by atoms with Crippen molar-refractivity contribution in [1.82, 2.24) is 4.90 Å². The number of morpholine rings is 1. The molecule has 1 N–H and O–H groups in total. The number of β-amino-alcohol motifs (C(OH)–C–C–N with tert-alkyl or cyclic N) is 1. The van der Waals surface area contributed by atoms with E-state index in [1.54, 1.807) is 6.92 Å². The molecule has 2 aliphatic heterocycles. The minimum atomic E-state index is -1.13. The quantitative estimate of drug-likeness (QED) is 0.905. The van der Waals surface area contributed by atoms with Gasteiger partial charge in [-0.2, -0.15) is 0 Å². The van der Waals surface area contributed by atoms with Gasteiger partial charge in [-0.25, -0.2) is 0 Å². The first kappa shape index (κ1) is 18.1. The predicted octanol–water partition coefficient (Wildman–Crippen LogP) is 3.31. The largest absolute Gasteiger partial charge is 0.490 e. The average Bonchev–Trinajstić information content (AvgIpc) is 2.50. The first-order valence-corrected chi connectivity index (χ1v) is 9.76. The van der Waals surface area contributed by atoms with Crippen molar-refractivity contribution in [2.75, 3.05) is 25.4 Å². The van der Waals surface area contributed by atoms with Crippen molar-refractivity contribution in [3.05, 3.63) is 23.8 Å². The summed E-state index contributed by atoms with van der Waals surface area (Å²) in [6.45, 7) is 9.97. The van der Waals surface area contributed by atoms with Gasteiger partial charge in [0.1, 0.15) is 18.5 Å². The van der Waals surface area contributed by atoms with E-state index >= 15 is 0 Å². The van der Waals surface area contributed by atoms with Crippen LogP contribution in [0.2, 0.25) is 0 Å². The summed E-state index contributed by atoms with van der Waals surface area (Å²) in [5.74, 6) is 0.970. The average molecular weight is 352 g/mol. The molecule has 1 aromatic carbocycles. The van der Waals surface area contributed by atoms with Crippen LogP contribution in [0, 0.1) is 0 Å². The molecule has 5 heteroatoms. The first-order chi connectivity index (χ1) is 11.2. The van der Waals surface area contributed by atoms with Crippen molar-refractivity contribution in [2.24, 2.45) is 0 Å². The molecule has 0 spiro atoms. The van der Waals surface area contributed by atoms with E-state index in [1.165, 1.54) is 16.9 Å². The number of aryl methyl sites for hydroxylation is 1. The summed E-state index contributed by atoms with van der Waals surface area (Å²) >= 11 is 1.88. The number of fused-ring (bicyclic) bond motifs is 1. The molecule has 4 nitrogen and oxygen atoms in total. The summed E-state index contributed by atoms with van der Waals surface area (Å²) < 4.78 is 12.0. The standard InChI is InChI=1S/C19H29NO3S/c1-18(2,3)20-11-15(23-19(4,21)13-20)12-22-16-9-5-7-14-8-6-10-24-17(14)16/h5,7,9,15,21H,6,8,10-13H2,1-4H3. The maximum Gasteiger partial charge on any atom is 0.176 e. The van der Waals surface area contributed by atoms with Crippen LogP contribution in [0.3, 0.4) is 0 Å². The number of nitrogens with zero attached hydrogens (tertiary/aromatic N) is 1. The van der Waals surface area contributed by atoms with Gasteiger partial charge in [0.05, 0.1) is 11.4 Å².